The fourth-order valence-electron chi connectivity index (χ4n) is 2.29. The van der Waals surface area contributed by atoms with Gasteiger partial charge in [0.05, 0.1) is 6.04 Å². The van der Waals surface area contributed by atoms with Crippen molar-refractivity contribution in [3.63, 3.8) is 0 Å². The van der Waals surface area contributed by atoms with Gasteiger partial charge in [-0.3, -0.25) is 0 Å². The van der Waals surface area contributed by atoms with Gasteiger partial charge in [0.2, 0.25) is 0 Å². The predicted octanol–water partition coefficient (Wildman–Crippen LogP) is 3.30. The standard InChI is InChI=1S/C17H19F2NO/c1-12-7-5-6-10-14(12)16(13-8-3-2-4-9-13)20-11-15(21)17(18)19/h2-10,15-17,20-21H,11H2,1H3. The van der Waals surface area contributed by atoms with Crippen molar-refractivity contribution in [2.45, 2.75) is 25.5 Å². The molecule has 2 unspecified atom stereocenters. The van der Waals surface area contributed by atoms with Gasteiger partial charge in [-0.05, 0) is 23.6 Å². The van der Waals surface area contributed by atoms with E-state index in [9.17, 15) is 13.9 Å². The average Bonchev–Trinajstić information content (AvgIpc) is 2.50. The summed E-state index contributed by atoms with van der Waals surface area (Å²) < 4.78 is 24.9. The molecule has 112 valence electrons. The van der Waals surface area contributed by atoms with Gasteiger partial charge in [-0.25, -0.2) is 8.78 Å². The topological polar surface area (TPSA) is 32.3 Å². The van der Waals surface area contributed by atoms with E-state index in [-0.39, 0.29) is 12.6 Å². The van der Waals surface area contributed by atoms with Crippen molar-refractivity contribution < 1.29 is 13.9 Å². The lowest BCUT2D eigenvalue weighted by atomic mass is 9.95. The molecule has 0 aliphatic heterocycles. The zero-order chi connectivity index (χ0) is 15.2. The number of alkyl halides is 2. The Morgan fingerprint density at radius 2 is 1.62 bits per heavy atom. The minimum Gasteiger partial charge on any atom is -0.386 e. The number of hydrogen-bond acceptors (Lipinski definition) is 2. The van der Waals surface area contributed by atoms with Crippen LogP contribution < -0.4 is 5.32 Å². The average molecular weight is 291 g/mol. The lowest BCUT2D eigenvalue weighted by Crippen LogP contribution is -2.35. The molecule has 2 aromatic carbocycles. The molecule has 2 nitrogen and oxygen atoms in total. The second kappa shape index (κ2) is 7.29. The second-order valence-electron chi connectivity index (χ2n) is 5.01. The smallest absolute Gasteiger partial charge is 0.265 e. The number of aryl methyl sites for hydroxylation is 1. The third-order valence-electron chi connectivity index (χ3n) is 3.45. The summed E-state index contributed by atoms with van der Waals surface area (Å²) in [5, 5.41) is 12.4. The van der Waals surface area contributed by atoms with Crippen molar-refractivity contribution in [1.82, 2.24) is 5.32 Å². The van der Waals surface area contributed by atoms with E-state index in [0.29, 0.717) is 0 Å². The van der Waals surface area contributed by atoms with E-state index in [4.69, 9.17) is 0 Å². The molecular formula is C17H19F2NO. The Balaban J connectivity index is 2.26. The van der Waals surface area contributed by atoms with Gasteiger partial charge in [-0.2, -0.15) is 0 Å². The Morgan fingerprint density at radius 3 is 2.24 bits per heavy atom. The molecule has 0 aliphatic rings. The zero-order valence-corrected chi connectivity index (χ0v) is 11.8. The van der Waals surface area contributed by atoms with E-state index in [1.807, 2.05) is 61.5 Å². The first-order valence-corrected chi connectivity index (χ1v) is 6.89. The summed E-state index contributed by atoms with van der Waals surface area (Å²) >= 11 is 0. The number of hydrogen-bond donors (Lipinski definition) is 2. The summed E-state index contributed by atoms with van der Waals surface area (Å²) in [4.78, 5) is 0. The maximum atomic E-state index is 12.5. The Bertz CT molecular complexity index is 560. The maximum absolute atomic E-state index is 12.5. The minimum atomic E-state index is -2.74. The lowest BCUT2D eigenvalue weighted by molar-refractivity contribution is -0.00411. The van der Waals surface area contributed by atoms with Crippen molar-refractivity contribution in [2.24, 2.45) is 0 Å². The van der Waals surface area contributed by atoms with Gasteiger partial charge in [0.1, 0.15) is 6.10 Å². The fraction of sp³-hybridized carbons (Fsp3) is 0.294. The highest BCUT2D eigenvalue weighted by molar-refractivity contribution is 5.36. The highest BCUT2D eigenvalue weighted by Gasteiger charge is 2.21. The molecule has 0 saturated carbocycles. The molecule has 0 saturated heterocycles. The highest BCUT2D eigenvalue weighted by Crippen LogP contribution is 2.24. The summed E-state index contributed by atoms with van der Waals surface area (Å²) in [5.41, 5.74) is 3.07. The molecule has 2 N–H and O–H groups in total. The molecule has 0 aromatic heterocycles. The normalized spacial score (nSPS) is 14.1. The van der Waals surface area contributed by atoms with Crippen molar-refractivity contribution in [2.75, 3.05) is 6.54 Å². The maximum Gasteiger partial charge on any atom is 0.265 e. The number of aliphatic hydroxyl groups is 1. The predicted molar refractivity (Wildman–Crippen MR) is 79.5 cm³/mol. The van der Waals surface area contributed by atoms with Gasteiger partial charge >= 0.3 is 0 Å². The Labute approximate surface area is 123 Å². The van der Waals surface area contributed by atoms with Gasteiger partial charge in [0.25, 0.3) is 6.43 Å². The van der Waals surface area contributed by atoms with Crippen molar-refractivity contribution in [3.8, 4) is 0 Å². The van der Waals surface area contributed by atoms with Gasteiger partial charge in [0, 0.05) is 6.54 Å². The van der Waals surface area contributed by atoms with Crippen LogP contribution in [0.25, 0.3) is 0 Å². The molecule has 0 aliphatic carbocycles. The summed E-state index contributed by atoms with van der Waals surface area (Å²) in [6.45, 7) is 1.82. The van der Waals surface area contributed by atoms with Crippen molar-refractivity contribution in [3.05, 3.63) is 71.3 Å². The van der Waals surface area contributed by atoms with Crippen LogP contribution in [-0.4, -0.2) is 24.2 Å². The molecule has 2 aromatic rings. The van der Waals surface area contributed by atoms with E-state index in [2.05, 4.69) is 5.32 Å². The van der Waals surface area contributed by atoms with Crippen LogP contribution in [0.5, 0.6) is 0 Å². The number of rotatable bonds is 6. The molecule has 2 atom stereocenters. The van der Waals surface area contributed by atoms with E-state index in [0.717, 1.165) is 16.7 Å². The first-order chi connectivity index (χ1) is 10.1. The van der Waals surface area contributed by atoms with Gasteiger partial charge in [0.15, 0.2) is 0 Å². The molecule has 0 heterocycles. The molecule has 0 amide bonds. The van der Waals surface area contributed by atoms with Crippen LogP contribution in [0, 0.1) is 6.92 Å². The van der Waals surface area contributed by atoms with Crippen LogP contribution in [0.15, 0.2) is 54.6 Å². The number of benzene rings is 2. The Hall–Kier alpha value is -1.78. The third-order valence-corrected chi connectivity index (χ3v) is 3.45. The third kappa shape index (κ3) is 4.09. The van der Waals surface area contributed by atoms with Crippen LogP contribution in [0.4, 0.5) is 8.78 Å². The quantitative estimate of drug-likeness (QED) is 0.856. The van der Waals surface area contributed by atoms with Crippen LogP contribution >= 0.6 is 0 Å². The van der Waals surface area contributed by atoms with E-state index >= 15 is 0 Å². The number of aliphatic hydroxyl groups excluding tert-OH is 1. The van der Waals surface area contributed by atoms with E-state index in [1.54, 1.807) is 0 Å². The van der Waals surface area contributed by atoms with Crippen LogP contribution in [0.2, 0.25) is 0 Å². The van der Waals surface area contributed by atoms with Gasteiger partial charge < -0.3 is 10.4 Å². The number of nitrogens with one attached hydrogen (secondary N) is 1. The number of halogens is 2. The lowest BCUT2D eigenvalue weighted by Gasteiger charge is -2.23. The fourth-order valence-corrected chi connectivity index (χ4v) is 2.29. The Kier molecular flexibility index (Phi) is 5.42. The zero-order valence-electron chi connectivity index (χ0n) is 11.8. The molecular weight excluding hydrogens is 272 g/mol. The van der Waals surface area contributed by atoms with Crippen LogP contribution in [-0.2, 0) is 0 Å². The molecule has 0 fully saturated rings. The molecule has 0 spiro atoms. The Morgan fingerprint density at radius 1 is 1.00 bits per heavy atom. The van der Waals surface area contributed by atoms with Crippen LogP contribution in [0.3, 0.4) is 0 Å². The highest BCUT2D eigenvalue weighted by atomic mass is 19.3. The molecule has 2 rings (SSSR count). The molecule has 0 radical (unpaired) electrons. The molecule has 4 heteroatoms. The first-order valence-electron chi connectivity index (χ1n) is 6.89. The summed E-state index contributed by atoms with van der Waals surface area (Å²) in [7, 11) is 0. The van der Waals surface area contributed by atoms with E-state index < -0.39 is 12.5 Å². The monoisotopic (exact) mass is 291 g/mol. The first kappa shape index (κ1) is 15.6. The van der Waals surface area contributed by atoms with Crippen LogP contribution in [0.1, 0.15) is 22.7 Å². The second-order valence-corrected chi connectivity index (χ2v) is 5.01. The molecule has 21 heavy (non-hydrogen) atoms. The summed E-state index contributed by atoms with van der Waals surface area (Å²) in [6, 6.07) is 17.2. The minimum absolute atomic E-state index is 0.161. The largest absolute Gasteiger partial charge is 0.386 e. The van der Waals surface area contributed by atoms with Crippen molar-refractivity contribution in [1.29, 1.82) is 0 Å². The SMILES string of the molecule is Cc1ccccc1C(NCC(O)C(F)F)c1ccccc1. The van der Waals surface area contributed by atoms with Gasteiger partial charge in [-0.1, -0.05) is 54.6 Å². The molecule has 0 bridgehead atoms. The van der Waals surface area contributed by atoms with Gasteiger partial charge in [-0.15, -0.1) is 0 Å². The summed E-state index contributed by atoms with van der Waals surface area (Å²) in [5.74, 6) is 0. The van der Waals surface area contributed by atoms with Crippen molar-refractivity contribution >= 4 is 0 Å². The summed E-state index contributed by atoms with van der Waals surface area (Å²) in [6.07, 6.45) is -4.41. The van der Waals surface area contributed by atoms with E-state index in [1.165, 1.54) is 0 Å².